The van der Waals surface area contributed by atoms with E-state index in [9.17, 15) is 19.5 Å². The van der Waals surface area contributed by atoms with Crippen LogP contribution in [0.1, 0.15) is 29.5 Å². The van der Waals surface area contributed by atoms with Crippen molar-refractivity contribution in [3.63, 3.8) is 0 Å². The molecule has 3 aromatic rings. The minimum Gasteiger partial charge on any atom is -0.481 e. The Kier molecular flexibility index (Phi) is 8.59. The largest absolute Gasteiger partial charge is 0.481 e. The van der Waals surface area contributed by atoms with Crippen molar-refractivity contribution in [1.29, 1.82) is 0 Å². The van der Waals surface area contributed by atoms with E-state index in [1.165, 1.54) is 0 Å². The van der Waals surface area contributed by atoms with E-state index in [0.29, 0.717) is 27.8 Å². The number of nitrogens with one attached hydrogen (secondary N) is 1. The second-order valence-electron chi connectivity index (χ2n) is 9.81. The van der Waals surface area contributed by atoms with Gasteiger partial charge in [-0.05, 0) is 42.3 Å². The summed E-state index contributed by atoms with van der Waals surface area (Å²) in [6, 6.07) is 21.7. The number of rotatable bonds is 9. The van der Waals surface area contributed by atoms with Gasteiger partial charge in [0.25, 0.3) is 0 Å². The standard InChI is InChI=1S/C29H29Cl2N3O4/c1-20-7-11-24(12-8-20)34-19-29(15-27(36)37,14-26(35)32-16-21-5-3-2-4-6-21)18-33(28(34)38)17-22-9-10-23(30)13-25(22)31/h2-13H,14-19H2,1H3,(H,32,35)(H,36,37). The summed E-state index contributed by atoms with van der Waals surface area (Å²) in [5.41, 5.74) is 2.23. The van der Waals surface area contributed by atoms with E-state index in [0.717, 1.165) is 11.1 Å². The van der Waals surface area contributed by atoms with E-state index in [-0.39, 0.29) is 44.4 Å². The van der Waals surface area contributed by atoms with Gasteiger partial charge in [-0.25, -0.2) is 4.79 Å². The highest BCUT2D eigenvalue weighted by molar-refractivity contribution is 6.35. The quantitative estimate of drug-likeness (QED) is 0.344. The first-order chi connectivity index (χ1) is 18.1. The fraction of sp³-hybridized carbons (Fsp3) is 0.276. The van der Waals surface area contributed by atoms with Crippen LogP contribution in [0.5, 0.6) is 0 Å². The van der Waals surface area contributed by atoms with Crippen LogP contribution in [0.2, 0.25) is 10.0 Å². The molecule has 9 heteroatoms. The van der Waals surface area contributed by atoms with Gasteiger partial charge in [-0.2, -0.15) is 0 Å². The molecule has 0 spiro atoms. The highest BCUT2D eigenvalue weighted by Gasteiger charge is 2.46. The summed E-state index contributed by atoms with van der Waals surface area (Å²) >= 11 is 12.5. The molecule has 7 nitrogen and oxygen atoms in total. The van der Waals surface area contributed by atoms with Gasteiger partial charge >= 0.3 is 12.0 Å². The number of urea groups is 1. The monoisotopic (exact) mass is 553 g/mol. The first-order valence-corrected chi connectivity index (χ1v) is 13.0. The maximum absolute atomic E-state index is 13.7. The smallest absolute Gasteiger partial charge is 0.324 e. The number of amides is 3. The zero-order chi connectivity index (χ0) is 27.3. The normalized spacial score (nSPS) is 17.4. The van der Waals surface area contributed by atoms with Crippen molar-refractivity contribution >= 4 is 46.8 Å². The summed E-state index contributed by atoms with van der Waals surface area (Å²) < 4.78 is 0. The van der Waals surface area contributed by atoms with E-state index in [2.05, 4.69) is 5.32 Å². The number of hydrogen-bond acceptors (Lipinski definition) is 3. The van der Waals surface area contributed by atoms with Crippen molar-refractivity contribution < 1.29 is 19.5 Å². The van der Waals surface area contributed by atoms with Gasteiger partial charge in [0.05, 0.1) is 6.42 Å². The zero-order valence-electron chi connectivity index (χ0n) is 21.0. The van der Waals surface area contributed by atoms with Gasteiger partial charge in [0.1, 0.15) is 0 Å². The molecule has 1 heterocycles. The van der Waals surface area contributed by atoms with Gasteiger partial charge in [0, 0.05) is 53.7 Å². The van der Waals surface area contributed by atoms with E-state index in [4.69, 9.17) is 23.2 Å². The summed E-state index contributed by atoms with van der Waals surface area (Å²) in [4.78, 5) is 42.0. The molecule has 3 aromatic carbocycles. The number of carboxylic acids is 1. The molecule has 1 aliphatic heterocycles. The minimum atomic E-state index is -1.04. The highest BCUT2D eigenvalue weighted by Crippen LogP contribution is 2.37. The van der Waals surface area contributed by atoms with Gasteiger partial charge in [0.2, 0.25) is 5.91 Å². The van der Waals surface area contributed by atoms with Crippen LogP contribution in [0.15, 0.2) is 72.8 Å². The Balaban J connectivity index is 1.65. The van der Waals surface area contributed by atoms with E-state index >= 15 is 0 Å². The first-order valence-electron chi connectivity index (χ1n) is 12.2. The third-order valence-corrected chi connectivity index (χ3v) is 7.22. The summed E-state index contributed by atoms with van der Waals surface area (Å²) in [6.45, 7) is 2.59. The zero-order valence-corrected chi connectivity index (χ0v) is 22.5. The molecule has 198 valence electrons. The SMILES string of the molecule is Cc1ccc(N2CC(CC(=O)O)(CC(=O)NCc3ccccc3)CN(Cc3ccc(Cl)cc3Cl)C2=O)cc1. The average molecular weight is 554 g/mol. The fourth-order valence-electron chi connectivity index (χ4n) is 4.81. The Morgan fingerprint density at radius 2 is 1.68 bits per heavy atom. The lowest BCUT2D eigenvalue weighted by Gasteiger charge is -2.47. The number of carbonyl (C=O) groups is 3. The maximum Gasteiger partial charge on any atom is 0.324 e. The van der Waals surface area contributed by atoms with E-state index in [1.54, 1.807) is 28.0 Å². The average Bonchev–Trinajstić information content (AvgIpc) is 2.87. The van der Waals surface area contributed by atoms with Crippen LogP contribution in [-0.4, -0.2) is 41.0 Å². The van der Waals surface area contributed by atoms with Crippen LogP contribution in [0.25, 0.3) is 0 Å². The lowest BCUT2D eigenvalue weighted by atomic mass is 9.78. The lowest BCUT2D eigenvalue weighted by Crippen LogP contribution is -2.60. The Morgan fingerprint density at radius 1 is 0.974 bits per heavy atom. The summed E-state index contributed by atoms with van der Waals surface area (Å²) in [7, 11) is 0. The van der Waals surface area contributed by atoms with Crippen LogP contribution in [-0.2, 0) is 22.7 Å². The molecule has 0 aliphatic carbocycles. The molecule has 2 N–H and O–H groups in total. The molecule has 1 saturated heterocycles. The van der Waals surface area contributed by atoms with Gasteiger partial charge in [-0.1, -0.05) is 77.3 Å². The molecule has 1 fully saturated rings. The topological polar surface area (TPSA) is 89.9 Å². The predicted octanol–water partition coefficient (Wildman–Crippen LogP) is 5.91. The first kappa shape index (κ1) is 27.5. The molecule has 0 bridgehead atoms. The highest BCUT2D eigenvalue weighted by atomic mass is 35.5. The molecule has 0 aromatic heterocycles. The Hall–Kier alpha value is -3.55. The van der Waals surface area contributed by atoms with Crippen LogP contribution < -0.4 is 10.2 Å². The molecular weight excluding hydrogens is 525 g/mol. The number of benzene rings is 3. The number of nitrogens with zero attached hydrogens (tertiary/aromatic N) is 2. The molecule has 0 saturated carbocycles. The molecule has 4 rings (SSSR count). The molecule has 1 unspecified atom stereocenters. The third-order valence-electron chi connectivity index (χ3n) is 6.64. The number of carbonyl (C=O) groups excluding carboxylic acids is 2. The second kappa shape index (κ2) is 11.9. The van der Waals surface area contributed by atoms with Crippen LogP contribution >= 0.6 is 23.2 Å². The molecule has 1 aliphatic rings. The van der Waals surface area contributed by atoms with E-state index < -0.39 is 11.4 Å². The number of hydrogen-bond donors (Lipinski definition) is 2. The fourth-order valence-corrected chi connectivity index (χ4v) is 5.28. The number of carboxylic acid groups (broad SMARTS) is 1. The molecule has 0 radical (unpaired) electrons. The Morgan fingerprint density at radius 3 is 2.34 bits per heavy atom. The van der Waals surface area contributed by atoms with Crippen molar-refractivity contribution in [1.82, 2.24) is 10.2 Å². The summed E-state index contributed by atoms with van der Waals surface area (Å²) in [6.07, 6.45) is -0.348. The number of aliphatic carboxylic acids is 1. The van der Waals surface area contributed by atoms with Crippen LogP contribution in [0.3, 0.4) is 0 Å². The van der Waals surface area contributed by atoms with Gasteiger partial charge in [0.15, 0.2) is 0 Å². The van der Waals surface area contributed by atoms with Gasteiger partial charge in [-0.15, -0.1) is 0 Å². The van der Waals surface area contributed by atoms with E-state index in [1.807, 2.05) is 61.5 Å². The molecule has 38 heavy (non-hydrogen) atoms. The van der Waals surface area contributed by atoms with Crippen molar-refractivity contribution in [2.24, 2.45) is 5.41 Å². The van der Waals surface area contributed by atoms with Crippen LogP contribution in [0.4, 0.5) is 10.5 Å². The lowest BCUT2D eigenvalue weighted by molar-refractivity contribution is -0.140. The second-order valence-corrected chi connectivity index (χ2v) is 10.6. The maximum atomic E-state index is 13.7. The number of halogens is 2. The number of anilines is 1. The van der Waals surface area contributed by atoms with Gasteiger partial charge < -0.3 is 15.3 Å². The van der Waals surface area contributed by atoms with Crippen molar-refractivity contribution in [2.45, 2.75) is 32.9 Å². The Labute approximate surface area is 232 Å². The van der Waals surface area contributed by atoms with Crippen molar-refractivity contribution in [3.8, 4) is 0 Å². The van der Waals surface area contributed by atoms with Crippen LogP contribution in [0, 0.1) is 12.3 Å². The summed E-state index contributed by atoms with van der Waals surface area (Å²) in [5.74, 6) is -1.32. The molecular formula is C29H29Cl2N3O4. The van der Waals surface area contributed by atoms with Crippen molar-refractivity contribution in [2.75, 3.05) is 18.0 Å². The third kappa shape index (κ3) is 6.85. The molecule has 1 atom stereocenters. The van der Waals surface area contributed by atoms with Crippen molar-refractivity contribution in [3.05, 3.63) is 99.5 Å². The minimum absolute atomic E-state index is 0.0629. The summed E-state index contributed by atoms with van der Waals surface area (Å²) in [5, 5.41) is 13.7. The van der Waals surface area contributed by atoms with Gasteiger partial charge in [-0.3, -0.25) is 14.5 Å². The number of aryl methyl sites for hydroxylation is 1. The molecule has 3 amide bonds. The predicted molar refractivity (Wildman–Crippen MR) is 148 cm³/mol. The Bertz CT molecular complexity index is 1320.